The number of ether oxygens (including phenoxy) is 2. The summed E-state index contributed by atoms with van der Waals surface area (Å²) >= 11 is 6.14. The van der Waals surface area contributed by atoms with E-state index in [9.17, 15) is 9.59 Å². The minimum Gasteiger partial charge on any atom is -0.489 e. The van der Waals surface area contributed by atoms with Crippen LogP contribution >= 0.6 is 11.6 Å². The molecule has 2 aromatic rings. The molecule has 3 rings (SSSR count). The first kappa shape index (κ1) is 23.7. The number of benzene rings is 2. The van der Waals surface area contributed by atoms with Gasteiger partial charge in [-0.25, -0.2) is 5.43 Å². The summed E-state index contributed by atoms with van der Waals surface area (Å²) in [6, 6.07) is 14.7. The van der Waals surface area contributed by atoms with Gasteiger partial charge in [0.15, 0.2) is 0 Å². The van der Waals surface area contributed by atoms with Crippen molar-refractivity contribution in [1.82, 2.24) is 15.6 Å². The van der Waals surface area contributed by atoms with Gasteiger partial charge < -0.3 is 14.8 Å². The summed E-state index contributed by atoms with van der Waals surface area (Å²) in [5, 5.41) is 7.10. The van der Waals surface area contributed by atoms with Crippen LogP contribution in [0, 0.1) is 0 Å². The van der Waals surface area contributed by atoms with Crippen molar-refractivity contribution in [2.45, 2.75) is 13.0 Å². The molecule has 2 N–H and O–H groups in total. The monoisotopic (exact) mass is 458 g/mol. The zero-order valence-electron chi connectivity index (χ0n) is 17.8. The van der Waals surface area contributed by atoms with Crippen LogP contribution in [0.4, 0.5) is 0 Å². The van der Waals surface area contributed by atoms with Crippen LogP contribution in [0.15, 0.2) is 53.6 Å². The lowest BCUT2D eigenvalue weighted by atomic mass is 10.2. The number of amides is 2. The van der Waals surface area contributed by atoms with Gasteiger partial charge in [-0.3, -0.25) is 14.5 Å². The highest BCUT2D eigenvalue weighted by Gasteiger charge is 2.13. The average molecular weight is 459 g/mol. The van der Waals surface area contributed by atoms with Crippen molar-refractivity contribution in [3.63, 3.8) is 0 Å². The van der Waals surface area contributed by atoms with Gasteiger partial charge in [-0.1, -0.05) is 41.9 Å². The van der Waals surface area contributed by atoms with Crippen molar-refractivity contribution in [2.75, 3.05) is 39.4 Å². The molecule has 1 heterocycles. The van der Waals surface area contributed by atoms with E-state index >= 15 is 0 Å². The predicted molar refractivity (Wildman–Crippen MR) is 123 cm³/mol. The third-order valence-electron chi connectivity index (χ3n) is 4.84. The van der Waals surface area contributed by atoms with E-state index < -0.39 is 11.8 Å². The van der Waals surface area contributed by atoms with Crippen LogP contribution < -0.4 is 15.5 Å². The number of halogens is 1. The average Bonchev–Trinajstić information content (AvgIpc) is 2.82. The van der Waals surface area contributed by atoms with Gasteiger partial charge in [-0.2, -0.15) is 5.10 Å². The maximum Gasteiger partial charge on any atom is 0.329 e. The third kappa shape index (κ3) is 7.96. The second-order valence-electron chi connectivity index (χ2n) is 7.22. The first-order chi connectivity index (χ1) is 15.6. The van der Waals surface area contributed by atoms with E-state index in [1.807, 2.05) is 42.5 Å². The van der Waals surface area contributed by atoms with Crippen LogP contribution in [0.25, 0.3) is 0 Å². The number of carbonyl (C=O) groups is 2. The number of nitrogens with zero attached hydrogens (tertiary/aromatic N) is 2. The van der Waals surface area contributed by atoms with Crippen molar-refractivity contribution < 1.29 is 19.1 Å². The Morgan fingerprint density at radius 3 is 2.75 bits per heavy atom. The van der Waals surface area contributed by atoms with Gasteiger partial charge in [0.2, 0.25) is 0 Å². The summed E-state index contributed by atoms with van der Waals surface area (Å²) in [7, 11) is 0. The number of morpholine rings is 1. The maximum atomic E-state index is 11.9. The smallest absolute Gasteiger partial charge is 0.329 e. The van der Waals surface area contributed by atoms with Crippen molar-refractivity contribution in [3.8, 4) is 5.75 Å². The van der Waals surface area contributed by atoms with E-state index in [2.05, 4.69) is 20.7 Å². The van der Waals surface area contributed by atoms with Gasteiger partial charge in [0.05, 0.1) is 19.4 Å². The van der Waals surface area contributed by atoms with E-state index in [-0.39, 0.29) is 0 Å². The zero-order valence-corrected chi connectivity index (χ0v) is 18.5. The second kappa shape index (κ2) is 12.8. The molecule has 1 aliphatic rings. The summed E-state index contributed by atoms with van der Waals surface area (Å²) in [4.78, 5) is 26.0. The van der Waals surface area contributed by atoms with Crippen molar-refractivity contribution in [2.24, 2.45) is 5.10 Å². The highest BCUT2D eigenvalue weighted by atomic mass is 35.5. The predicted octanol–water partition coefficient (Wildman–Crippen LogP) is 2.21. The van der Waals surface area contributed by atoms with E-state index in [1.54, 1.807) is 6.07 Å². The fourth-order valence-corrected chi connectivity index (χ4v) is 3.28. The lowest BCUT2D eigenvalue weighted by molar-refractivity contribution is -0.139. The van der Waals surface area contributed by atoms with E-state index in [0.717, 1.165) is 44.8 Å². The molecular formula is C23H27ClN4O4. The molecule has 170 valence electrons. The van der Waals surface area contributed by atoms with Crippen LogP contribution in [0.3, 0.4) is 0 Å². The standard InChI is InChI=1S/C23H27ClN4O4/c24-21-8-2-1-6-19(21)17-32-20-7-3-5-18(15-20)16-26-27-23(30)22(29)25-9-4-10-28-11-13-31-14-12-28/h1-3,5-8,15-16H,4,9-14,17H2,(H,25,29)(H,27,30)/b26-16-. The van der Waals surface area contributed by atoms with Gasteiger partial charge in [-0.05, 0) is 36.7 Å². The topological polar surface area (TPSA) is 92.3 Å². The Balaban J connectivity index is 1.37. The third-order valence-corrected chi connectivity index (χ3v) is 5.21. The van der Waals surface area contributed by atoms with Crippen LogP contribution in [0.1, 0.15) is 17.5 Å². The van der Waals surface area contributed by atoms with Crippen molar-refractivity contribution in [1.29, 1.82) is 0 Å². The molecule has 8 nitrogen and oxygen atoms in total. The SMILES string of the molecule is O=C(NCCCN1CCOCC1)C(=O)N/N=C\c1cccc(OCc2ccccc2Cl)c1. The van der Waals surface area contributed by atoms with Crippen LogP contribution in [0.5, 0.6) is 5.75 Å². The number of hydrazone groups is 1. The fourth-order valence-electron chi connectivity index (χ4n) is 3.09. The molecule has 0 saturated carbocycles. The summed E-state index contributed by atoms with van der Waals surface area (Å²) in [5.41, 5.74) is 3.84. The minimum absolute atomic E-state index is 0.336. The Labute approximate surface area is 192 Å². The Kier molecular flexibility index (Phi) is 9.49. The maximum absolute atomic E-state index is 11.9. The van der Waals surface area contributed by atoms with Crippen LogP contribution in [-0.2, 0) is 20.9 Å². The quantitative estimate of drug-likeness (QED) is 0.260. The Morgan fingerprint density at radius 1 is 1.12 bits per heavy atom. The van der Waals surface area contributed by atoms with Crippen molar-refractivity contribution >= 4 is 29.6 Å². The molecule has 32 heavy (non-hydrogen) atoms. The lowest BCUT2D eigenvalue weighted by Gasteiger charge is -2.26. The molecule has 2 amide bonds. The second-order valence-corrected chi connectivity index (χ2v) is 7.62. The molecular weight excluding hydrogens is 432 g/mol. The number of nitrogens with one attached hydrogen (secondary N) is 2. The number of hydrogen-bond donors (Lipinski definition) is 2. The molecule has 0 atom stereocenters. The lowest BCUT2D eigenvalue weighted by Crippen LogP contribution is -2.40. The minimum atomic E-state index is -0.807. The molecule has 0 aromatic heterocycles. The summed E-state index contributed by atoms with van der Waals surface area (Å²) in [6.45, 7) is 4.90. The van der Waals surface area contributed by atoms with Gasteiger partial charge in [-0.15, -0.1) is 0 Å². The zero-order chi connectivity index (χ0) is 22.6. The van der Waals surface area contributed by atoms with Gasteiger partial charge >= 0.3 is 11.8 Å². The number of hydrogen-bond acceptors (Lipinski definition) is 6. The summed E-state index contributed by atoms with van der Waals surface area (Å²) in [6.07, 6.45) is 2.22. The normalized spacial score (nSPS) is 14.3. The molecule has 1 aliphatic heterocycles. The molecule has 1 fully saturated rings. The van der Waals surface area contributed by atoms with Gasteiger partial charge in [0, 0.05) is 30.2 Å². The van der Waals surface area contributed by atoms with Crippen LogP contribution in [-0.4, -0.2) is 62.3 Å². The number of carbonyl (C=O) groups excluding carboxylic acids is 2. The molecule has 0 spiro atoms. The first-order valence-electron chi connectivity index (χ1n) is 10.5. The Bertz CT molecular complexity index is 932. The summed E-state index contributed by atoms with van der Waals surface area (Å²) < 4.78 is 11.1. The van der Waals surface area contributed by atoms with E-state index in [1.165, 1.54) is 6.21 Å². The van der Waals surface area contributed by atoms with E-state index in [0.29, 0.717) is 29.5 Å². The van der Waals surface area contributed by atoms with Gasteiger partial charge in [0.25, 0.3) is 0 Å². The van der Waals surface area contributed by atoms with Gasteiger partial charge in [0.1, 0.15) is 12.4 Å². The molecule has 0 aliphatic carbocycles. The van der Waals surface area contributed by atoms with Crippen molar-refractivity contribution in [3.05, 3.63) is 64.7 Å². The largest absolute Gasteiger partial charge is 0.489 e. The highest BCUT2D eigenvalue weighted by Crippen LogP contribution is 2.19. The first-order valence-corrected chi connectivity index (χ1v) is 10.9. The molecule has 1 saturated heterocycles. The molecule has 2 aromatic carbocycles. The molecule has 9 heteroatoms. The summed E-state index contributed by atoms with van der Waals surface area (Å²) in [5.74, 6) is -0.877. The molecule has 0 radical (unpaired) electrons. The Morgan fingerprint density at radius 2 is 1.94 bits per heavy atom. The highest BCUT2D eigenvalue weighted by molar-refractivity contribution is 6.35. The Hall–Kier alpha value is -2.94. The number of rotatable bonds is 9. The molecule has 0 unspecified atom stereocenters. The molecule has 0 bridgehead atoms. The fraction of sp³-hybridized carbons (Fsp3) is 0.348. The van der Waals surface area contributed by atoms with E-state index in [4.69, 9.17) is 21.1 Å². The van der Waals surface area contributed by atoms with Crippen LogP contribution in [0.2, 0.25) is 5.02 Å².